The Morgan fingerprint density at radius 3 is 2.08 bits per heavy atom. The molecule has 0 radical (unpaired) electrons. The van der Waals surface area contributed by atoms with Crippen molar-refractivity contribution in [3.8, 4) is 5.75 Å². The molecule has 68 valence electrons. The van der Waals surface area contributed by atoms with E-state index in [-0.39, 0.29) is 10.8 Å². The van der Waals surface area contributed by atoms with Crippen LogP contribution in [0.25, 0.3) is 0 Å². The summed E-state index contributed by atoms with van der Waals surface area (Å²) < 4.78 is 0. The molecule has 3 heteroatoms. The lowest BCUT2D eigenvalue weighted by Gasteiger charge is -1.99. The minimum atomic E-state index is 0.0340. The summed E-state index contributed by atoms with van der Waals surface area (Å²) in [5.41, 5.74) is 0.895. The molecule has 12 heavy (non-hydrogen) atoms. The van der Waals surface area contributed by atoms with E-state index in [4.69, 9.17) is 28.3 Å². The molecule has 0 aliphatic carbocycles. The standard InChI is InChI=1S/C7H6Cl2O.C2H6/c1-4-2-5(8)7(9)6(10)3-4;1-2/h2-3,10H,1H3;1-2H3. The fourth-order valence-electron chi connectivity index (χ4n) is 0.706. The maximum Gasteiger partial charge on any atom is 0.135 e. The number of rotatable bonds is 0. The summed E-state index contributed by atoms with van der Waals surface area (Å²) in [6.07, 6.45) is 0. The molecule has 1 aromatic carbocycles. The molecule has 0 bridgehead atoms. The lowest BCUT2D eigenvalue weighted by atomic mass is 10.2. The molecule has 1 nitrogen and oxygen atoms in total. The van der Waals surface area contributed by atoms with Gasteiger partial charge < -0.3 is 5.11 Å². The Morgan fingerprint density at radius 1 is 1.17 bits per heavy atom. The number of aryl methyl sites for hydroxylation is 1. The van der Waals surface area contributed by atoms with Crippen LogP contribution in [0.5, 0.6) is 5.75 Å². The zero-order valence-electron chi connectivity index (χ0n) is 7.36. The van der Waals surface area contributed by atoms with Crippen molar-refractivity contribution in [2.45, 2.75) is 20.8 Å². The Kier molecular flexibility index (Phi) is 5.11. The minimum absolute atomic E-state index is 0.0340. The summed E-state index contributed by atoms with van der Waals surface area (Å²) in [6, 6.07) is 3.26. The summed E-state index contributed by atoms with van der Waals surface area (Å²) in [7, 11) is 0. The minimum Gasteiger partial charge on any atom is -0.506 e. The number of halogens is 2. The number of phenols is 1. The average Bonchev–Trinajstić information content (AvgIpc) is 2.04. The van der Waals surface area contributed by atoms with E-state index in [1.807, 2.05) is 20.8 Å². The highest BCUT2D eigenvalue weighted by Crippen LogP contribution is 2.31. The van der Waals surface area contributed by atoms with E-state index in [1.165, 1.54) is 0 Å². The van der Waals surface area contributed by atoms with Gasteiger partial charge in [-0.1, -0.05) is 37.0 Å². The van der Waals surface area contributed by atoms with Gasteiger partial charge in [-0.3, -0.25) is 0 Å². The Balaban J connectivity index is 0.000000561. The van der Waals surface area contributed by atoms with E-state index in [9.17, 15) is 0 Å². The lowest BCUT2D eigenvalue weighted by Crippen LogP contribution is -1.74. The van der Waals surface area contributed by atoms with Gasteiger partial charge in [-0.2, -0.15) is 0 Å². The first-order valence-electron chi connectivity index (χ1n) is 3.76. The van der Waals surface area contributed by atoms with Gasteiger partial charge >= 0.3 is 0 Å². The van der Waals surface area contributed by atoms with Crippen molar-refractivity contribution >= 4 is 23.2 Å². The molecule has 0 aromatic heterocycles. The molecular weight excluding hydrogens is 195 g/mol. The van der Waals surface area contributed by atoms with Crippen LogP contribution in [-0.4, -0.2) is 5.11 Å². The number of benzene rings is 1. The zero-order chi connectivity index (χ0) is 9.72. The monoisotopic (exact) mass is 206 g/mol. The Bertz CT molecular complexity index is 236. The van der Waals surface area contributed by atoms with E-state index in [0.717, 1.165) is 5.56 Å². The van der Waals surface area contributed by atoms with Gasteiger partial charge in [-0.15, -0.1) is 0 Å². The fourth-order valence-corrected chi connectivity index (χ4v) is 1.08. The molecule has 0 amide bonds. The van der Waals surface area contributed by atoms with Gasteiger partial charge in [-0.05, 0) is 24.6 Å². The van der Waals surface area contributed by atoms with Crippen molar-refractivity contribution in [3.05, 3.63) is 27.7 Å². The van der Waals surface area contributed by atoms with E-state index >= 15 is 0 Å². The van der Waals surface area contributed by atoms with E-state index < -0.39 is 0 Å². The summed E-state index contributed by atoms with van der Waals surface area (Å²) >= 11 is 11.2. The number of hydrogen-bond donors (Lipinski definition) is 1. The molecule has 0 atom stereocenters. The molecule has 0 unspecified atom stereocenters. The first-order chi connectivity index (χ1) is 5.61. The highest BCUT2D eigenvalue weighted by atomic mass is 35.5. The van der Waals surface area contributed by atoms with Crippen LogP contribution in [0.1, 0.15) is 19.4 Å². The van der Waals surface area contributed by atoms with Crippen LogP contribution in [0.2, 0.25) is 10.0 Å². The van der Waals surface area contributed by atoms with E-state index in [0.29, 0.717) is 5.02 Å². The topological polar surface area (TPSA) is 20.2 Å². The average molecular weight is 207 g/mol. The van der Waals surface area contributed by atoms with Crippen LogP contribution in [0.15, 0.2) is 12.1 Å². The molecule has 1 aromatic rings. The van der Waals surface area contributed by atoms with Crippen molar-refractivity contribution in [3.63, 3.8) is 0 Å². The zero-order valence-corrected chi connectivity index (χ0v) is 8.87. The van der Waals surface area contributed by atoms with Crippen molar-refractivity contribution < 1.29 is 5.11 Å². The number of hydrogen-bond acceptors (Lipinski definition) is 1. The molecule has 0 spiro atoms. The van der Waals surface area contributed by atoms with Crippen LogP contribution < -0.4 is 0 Å². The molecule has 1 N–H and O–H groups in total. The van der Waals surface area contributed by atoms with Crippen LogP contribution in [0.4, 0.5) is 0 Å². The number of phenolic OH excluding ortho intramolecular Hbond substituents is 1. The van der Waals surface area contributed by atoms with Crippen molar-refractivity contribution in [1.29, 1.82) is 0 Å². The van der Waals surface area contributed by atoms with Gasteiger partial charge in [0.25, 0.3) is 0 Å². The molecule has 0 aliphatic heterocycles. The third-order valence-electron chi connectivity index (χ3n) is 1.15. The quantitative estimate of drug-likeness (QED) is 0.680. The highest BCUT2D eigenvalue weighted by Gasteiger charge is 2.02. The first kappa shape index (κ1) is 11.6. The Labute approximate surface area is 82.9 Å². The lowest BCUT2D eigenvalue weighted by molar-refractivity contribution is 0.475. The molecule has 0 saturated carbocycles. The Hall–Kier alpha value is -0.400. The first-order valence-corrected chi connectivity index (χ1v) is 4.51. The highest BCUT2D eigenvalue weighted by molar-refractivity contribution is 6.42. The van der Waals surface area contributed by atoms with E-state index in [2.05, 4.69) is 0 Å². The van der Waals surface area contributed by atoms with Crippen LogP contribution in [0.3, 0.4) is 0 Å². The third kappa shape index (κ3) is 2.92. The summed E-state index contributed by atoms with van der Waals surface area (Å²) in [6.45, 7) is 5.84. The summed E-state index contributed by atoms with van der Waals surface area (Å²) in [5, 5.41) is 9.67. The van der Waals surface area contributed by atoms with Gasteiger partial charge in [0.2, 0.25) is 0 Å². The largest absolute Gasteiger partial charge is 0.506 e. The summed E-state index contributed by atoms with van der Waals surface area (Å²) in [5.74, 6) is 0.0340. The van der Waals surface area contributed by atoms with Crippen LogP contribution >= 0.6 is 23.2 Å². The predicted octanol–water partition coefficient (Wildman–Crippen LogP) is 4.03. The summed E-state index contributed by atoms with van der Waals surface area (Å²) in [4.78, 5) is 0. The molecule has 0 saturated heterocycles. The van der Waals surface area contributed by atoms with Gasteiger partial charge in [-0.25, -0.2) is 0 Å². The van der Waals surface area contributed by atoms with Gasteiger partial charge in [0.15, 0.2) is 0 Å². The molecule has 0 heterocycles. The molecule has 1 rings (SSSR count). The fraction of sp³-hybridized carbons (Fsp3) is 0.333. The second-order valence-corrected chi connectivity index (χ2v) is 2.87. The molecule has 0 aliphatic rings. The normalized spacial score (nSPS) is 8.75. The van der Waals surface area contributed by atoms with Gasteiger partial charge in [0.05, 0.1) is 5.02 Å². The van der Waals surface area contributed by atoms with Crippen molar-refractivity contribution in [2.24, 2.45) is 0 Å². The smallest absolute Gasteiger partial charge is 0.135 e. The van der Waals surface area contributed by atoms with Crippen LogP contribution in [-0.2, 0) is 0 Å². The van der Waals surface area contributed by atoms with Gasteiger partial charge in [0, 0.05) is 0 Å². The second-order valence-electron chi connectivity index (χ2n) is 2.08. The molecular formula is C9H12Cl2O. The maximum atomic E-state index is 9.06. The maximum absolute atomic E-state index is 9.06. The SMILES string of the molecule is CC.Cc1cc(O)c(Cl)c(Cl)c1. The molecule has 0 fully saturated rings. The number of aromatic hydroxyl groups is 1. The third-order valence-corrected chi connectivity index (χ3v) is 1.95. The van der Waals surface area contributed by atoms with Gasteiger partial charge in [0.1, 0.15) is 10.8 Å². The second kappa shape index (κ2) is 5.28. The Morgan fingerprint density at radius 2 is 1.67 bits per heavy atom. The van der Waals surface area contributed by atoms with E-state index in [1.54, 1.807) is 12.1 Å². The predicted molar refractivity (Wildman–Crippen MR) is 54.2 cm³/mol. The van der Waals surface area contributed by atoms with Crippen molar-refractivity contribution in [2.75, 3.05) is 0 Å². The van der Waals surface area contributed by atoms with Crippen LogP contribution in [0, 0.1) is 6.92 Å². The van der Waals surface area contributed by atoms with Crippen molar-refractivity contribution in [1.82, 2.24) is 0 Å².